The molecule has 0 saturated carbocycles. The van der Waals surface area contributed by atoms with Crippen LogP contribution in [0.4, 0.5) is 15.4 Å². The lowest BCUT2D eigenvalue weighted by Gasteiger charge is -2.04. The highest BCUT2D eigenvalue weighted by Gasteiger charge is 2.33. The maximum atomic E-state index is 11.6. The van der Waals surface area contributed by atoms with Gasteiger partial charge in [0.05, 0.1) is 0 Å². The summed E-state index contributed by atoms with van der Waals surface area (Å²) in [5.74, 6) is 0.149. The topological polar surface area (TPSA) is 125 Å². The summed E-state index contributed by atoms with van der Waals surface area (Å²) in [4.78, 5) is 38.4. The molecule has 9 heteroatoms. The van der Waals surface area contributed by atoms with Crippen molar-refractivity contribution in [3.8, 4) is 0 Å². The van der Waals surface area contributed by atoms with Crippen LogP contribution in [0, 0.1) is 0 Å². The fraction of sp³-hybridized carbons (Fsp3) is 0.231. The van der Waals surface area contributed by atoms with Gasteiger partial charge in [0.25, 0.3) is 5.91 Å². The molecule has 1 aliphatic rings. The number of hydrogen-bond donors (Lipinski definition) is 4. The average molecular weight is 303 g/mol. The van der Waals surface area contributed by atoms with Gasteiger partial charge in [0.15, 0.2) is 11.6 Å². The lowest BCUT2D eigenvalue weighted by Crippen LogP contribution is -2.28. The summed E-state index contributed by atoms with van der Waals surface area (Å²) in [6.07, 6.45) is 0. The Bertz CT molecular complexity index is 769. The van der Waals surface area contributed by atoms with Crippen LogP contribution in [-0.4, -0.2) is 29.5 Å². The third kappa shape index (κ3) is 2.55. The zero-order chi connectivity index (χ0) is 15.7. The standard InChI is InChI=1S/C13H13N5O4/c1-2-14-12(20)16-9-4-3-7-6(15-9)5-8(22-7)10-11(19)18-13(21)17-10/h3-5,10H,2H2,1H3,(H2,14,15,16,20)(H2,17,18,19,21). The van der Waals surface area contributed by atoms with E-state index in [2.05, 4.69) is 26.3 Å². The van der Waals surface area contributed by atoms with Crippen molar-refractivity contribution in [2.24, 2.45) is 0 Å². The minimum atomic E-state index is -0.874. The van der Waals surface area contributed by atoms with Gasteiger partial charge >= 0.3 is 12.1 Å². The SMILES string of the molecule is CCNC(=O)Nc1ccc2oc(C3NC(=O)NC3=O)cc2n1. The van der Waals surface area contributed by atoms with E-state index in [4.69, 9.17) is 4.42 Å². The number of anilines is 1. The van der Waals surface area contributed by atoms with Gasteiger partial charge in [0, 0.05) is 12.6 Å². The Morgan fingerprint density at radius 1 is 1.41 bits per heavy atom. The molecular weight excluding hydrogens is 290 g/mol. The number of nitrogens with one attached hydrogen (secondary N) is 4. The van der Waals surface area contributed by atoms with Gasteiger partial charge in [-0.3, -0.25) is 15.4 Å². The summed E-state index contributed by atoms with van der Waals surface area (Å²) < 4.78 is 5.51. The van der Waals surface area contributed by atoms with Crippen LogP contribution in [0.5, 0.6) is 0 Å². The lowest BCUT2D eigenvalue weighted by molar-refractivity contribution is -0.120. The number of amides is 5. The van der Waals surface area contributed by atoms with Crippen molar-refractivity contribution in [2.45, 2.75) is 13.0 Å². The second-order valence-corrected chi connectivity index (χ2v) is 4.61. The maximum absolute atomic E-state index is 11.6. The first kappa shape index (κ1) is 13.9. The van der Waals surface area contributed by atoms with Gasteiger partial charge < -0.3 is 15.1 Å². The van der Waals surface area contributed by atoms with Crippen molar-refractivity contribution in [3.63, 3.8) is 0 Å². The zero-order valence-corrected chi connectivity index (χ0v) is 11.6. The van der Waals surface area contributed by atoms with Gasteiger partial charge in [-0.05, 0) is 19.1 Å². The first-order valence-electron chi connectivity index (χ1n) is 6.63. The van der Waals surface area contributed by atoms with Crippen molar-refractivity contribution in [2.75, 3.05) is 11.9 Å². The van der Waals surface area contributed by atoms with Crippen LogP contribution in [0.3, 0.4) is 0 Å². The van der Waals surface area contributed by atoms with E-state index in [0.717, 1.165) is 0 Å². The van der Waals surface area contributed by atoms with Gasteiger partial charge in [-0.1, -0.05) is 0 Å². The van der Waals surface area contributed by atoms with E-state index in [1.165, 1.54) is 0 Å². The normalized spacial score (nSPS) is 17.2. The van der Waals surface area contributed by atoms with Crippen LogP contribution >= 0.6 is 0 Å². The molecule has 1 unspecified atom stereocenters. The van der Waals surface area contributed by atoms with Crippen molar-refractivity contribution >= 4 is 34.9 Å². The molecule has 2 aromatic heterocycles. The summed E-state index contributed by atoms with van der Waals surface area (Å²) in [5, 5.41) is 9.74. The second-order valence-electron chi connectivity index (χ2n) is 4.61. The Morgan fingerprint density at radius 2 is 2.23 bits per heavy atom. The summed E-state index contributed by atoms with van der Waals surface area (Å²) in [7, 11) is 0. The summed E-state index contributed by atoms with van der Waals surface area (Å²) in [6, 6.07) is 2.96. The molecule has 3 heterocycles. The van der Waals surface area contributed by atoms with Crippen LogP contribution in [0.15, 0.2) is 22.6 Å². The van der Waals surface area contributed by atoms with E-state index < -0.39 is 18.0 Å². The number of fused-ring (bicyclic) bond motifs is 1. The number of pyridine rings is 1. The molecule has 4 N–H and O–H groups in total. The van der Waals surface area contributed by atoms with Crippen LogP contribution in [0.2, 0.25) is 0 Å². The number of furan rings is 1. The minimum Gasteiger partial charge on any atom is -0.457 e. The fourth-order valence-electron chi connectivity index (χ4n) is 2.09. The van der Waals surface area contributed by atoms with Gasteiger partial charge in [0.2, 0.25) is 0 Å². The lowest BCUT2D eigenvalue weighted by atomic mass is 10.2. The van der Waals surface area contributed by atoms with Crippen molar-refractivity contribution in [1.29, 1.82) is 0 Å². The molecular formula is C13H13N5O4. The first-order valence-corrected chi connectivity index (χ1v) is 6.63. The third-order valence-corrected chi connectivity index (χ3v) is 3.03. The Hall–Kier alpha value is -3.10. The van der Waals surface area contributed by atoms with Crippen LogP contribution in [0.1, 0.15) is 18.7 Å². The number of urea groups is 2. The Labute approximate surface area is 124 Å². The van der Waals surface area contributed by atoms with Crippen LogP contribution < -0.4 is 21.3 Å². The monoisotopic (exact) mass is 303 g/mol. The van der Waals surface area contributed by atoms with Crippen molar-refractivity contribution in [1.82, 2.24) is 20.9 Å². The third-order valence-electron chi connectivity index (χ3n) is 3.03. The predicted octanol–water partition coefficient (Wildman–Crippen LogP) is 0.850. The molecule has 0 radical (unpaired) electrons. The Kier molecular flexibility index (Phi) is 3.37. The molecule has 1 fully saturated rings. The fourth-order valence-corrected chi connectivity index (χ4v) is 2.09. The number of carbonyl (C=O) groups is 3. The zero-order valence-electron chi connectivity index (χ0n) is 11.6. The van der Waals surface area contributed by atoms with E-state index in [1.54, 1.807) is 25.1 Å². The number of nitrogens with zero attached hydrogens (tertiary/aromatic N) is 1. The second kappa shape index (κ2) is 5.35. The molecule has 1 aliphatic heterocycles. The molecule has 0 bridgehead atoms. The van der Waals surface area contributed by atoms with Crippen molar-refractivity contribution < 1.29 is 18.8 Å². The summed E-state index contributed by atoms with van der Waals surface area (Å²) in [5.41, 5.74) is 0.920. The highest BCUT2D eigenvalue weighted by molar-refractivity contribution is 6.04. The van der Waals surface area contributed by atoms with Crippen LogP contribution in [-0.2, 0) is 4.79 Å². The van der Waals surface area contributed by atoms with E-state index in [9.17, 15) is 14.4 Å². The van der Waals surface area contributed by atoms with E-state index >= 15 is 0 Å². The first-order chi connectivity index (χ1) is 10.6. The number of aromatic nitrogens is 1. The number of rotatable bonds is 3. The molecule has 5 amide bonds. The van der Waals surface area contributed by atoms with Crippen LogP contribution in [0.25, 0.3) is 11.1 Å². The molecule has 1 saturated heterocycles. The molecule has 3 rings (SSSR count). The highest BCUT2D eigenvalue weighted by atomic mass is 16.3. The molecule has 1 atom stereocenters. The summed E-state index contributed by atoms with van der Waals surface area (Å²) in [6.45, 7) is 2.31. The molecule has 9 nitrogen and oxygen atoms in total. The van der Waals surface area contributed by atoms with E-state index in [0.29, 0.717) is 23.5 Å². The predicted molar refractivity (Wildman–Crippen MR) is 76.1 cm³/mol. The molecule has 0 spiro atoms. The van der Waals surface area contributed by atoms with Gasteiger partial charge in [0.1, 0.15) is 17.1 Å². The average Bonchev–Trinajstić information content (AvgIpc) is 3.01. The highest BCUT2D eigenvalue weighted by Crippen LogP contribution is 2.25. The molecule has 22 heavy (non-hydrogen) atoms. The summed E-state index contributed by atoms with van der Waals surface area (Å²) >= 11 is 0. The molecule has 0 aliphatic carbocycles. The molecule has 0 aromatic carbocycles. The minimum absolute atomic E-state index is 0.279. The molecule has 2 aromatic rings. The smallest absolute Gasteiger partial charge is 0.322 e. The van der Waals surface area contributed by atoms with E-state index in [-0.39, 0.29) is 11.8 Å². The van der Waals surface area contributed by atoms with Gasteiger partial charge in [-0.2, -0.15) is 0 Å². The Balaban J connectivity index is 1.86. The quantitative estimate of drug-likeness (QED) is 0.625. The van der Waals surface area contributed by atoms with E-state index in [1.807, 2.05) is 0 Å². The maximum Gasteiger partial charge on any atom is 0.322 e. The molecule has 114 valence electrons. The van der Waals surface area contributed by atoms with Gasteiger partial charge in [-0.25, -0.2) is 14.6 Å². The Morgan fingerprint density at radius 3 is 2.91 bits per heavy atom. The van der Waals surface area contributed by atoms with Crippen molar-refractivity contribution in [3.05, 3.63) is 24.0 Å². The largest absolute Gasteiger partial charge is 0.457 e. The van der Waals surface area contributed by atoms with Gasteiger partial charge in [-0.15, -0.1) is 0 Å². The number of imide groups is 1. The number of carbonyl (C=O) groups excluding carboxylic acids is 3. The number of hydrogen-bond acceptors (Lipinski definition) is 5.